The van der Waals surface area contributed by atoms with Crippen LogP contribution in [0.5, 0.6) is 0 Å². The van der Waals surface area contributed by atoms with Crippen molar-refractivity contribution >= 4 is 23.2 Å². The van der Waals surface area contributed by atoms with Crippen LogP contribution in [0.25, 0.3) is 0 Å². The van der Waals surface area contributed by atoms with Crippen molar-refractivity contribution in [2.75, 3.05) is 13.1 Å². The van der Waals surface area contributed by atoms with Gasteiger partial charge in [-0.25, -0.2) is 4.79 Å². The number of nitrogens with zero attached hydrogens (tertiary/aromatic N) is 1. The van der Waals surface area contributed by atoms with Gasteiger partial charge in [-0.15, -0.1) is 11.3 Å². The van der Waals surface area contributed by atoms with Crippen LogP contribution in [0.15, 0.2) is 11.4 Å². The summed E-state index contributed by atoms with van der Waals surface area (Å²) in [6, 6.07) is 1.12. The minimum Gasteiger partial charge on any atom is -0.477 e. The first-order chi connectivity index (χ1) is 9.76. The van der Waals surface area contributed by atoms with E-state index in [0.29, 0.717) is 0 Å². The van der Waals surface area contributed by atoms with Crippen LogP contribution in [0, 0.1) is 5.92 Å². The van der Waals surface area contributed by atoms with Gasteiger partial charge < -0.3 is 10.0 Å². The van der Waals surface area contributed by atoms with Gasteiger partial charge in [0.2, 0.25) is 0 Å². The molecule has 4 nitrogen and oxygen atoms in total. The summed E-state index contributed by atoms with van der Waals surface area (Å²) in [4.78, 5) is 23.7. The molecule has 21 heavy (non-hydrogen) atoms. The molecule has 8 heteroatoms. The Morgan fingerprint density at radius 3 is 2.48 bits per heavy atom. The summed E-state index contributed by atoms with van der Waals surface area (Å²) in [5, 5.41) is 10.1. The Morgan fingerprint density at radius 2 is 2.05 bits per heavy atom. The van der Waals surface area contributed by atoms with Gasteiger partial charge in [0.1, 0.15) is 11.4 Å². The summed E-state index contributed by atoms with van der Waals surface area (Å²) < 4.78 is 37.8. The molecule has 0 saturated heterocycles. The molecule has 1 heterocycles. The number of rotatable bonds is 5. The SMILES string of the molecule is O=C(O)c1cc(C(=O)N(CC2CCC2)CC(F)(F)F)cs1. The average Bonchev–Trinajstić information content (AvgIpc) is 2.79. The third-order valence-corrected chi connectivity index (χ3v) is 4.34. The number of hydrogen-bond acceptors (Lipinski definition) is 3. The van der Waals surface area contributed by atoms with Gasteiger partial charge in [-0.05, 0) is 24.8 Å². The van der Waals surface area contributed by atoms with E-state index in [9.17, 15) is 22.8 Å². The van der Waals surface area contributed by atoms with Crippen LogP contribution in [0.4, 0.5) is 13.2 Å². The van der Waals surface area contributed by atoms with Crippen molar-refractivity contribution in [1.82, 2.24) is 4.90 Å². The van der Waals surface area contributed by atoms with Gasteiger partial charge in [0, 0.05) is 11.9 Å². The van der Waals surface area contributed by atoms with Crippen molar-refractivity contribution in [3.8, 4) is 0 Å². The smallest absolute Gasteiger partial charge is 0.406 e. The number of thiophene rings is 1. The maximum atomic E-state index is 12.6. The van der Waals surface area contributed by atoms with Crippen LogP contribution in [-0.2, 0) is 0 Å². The Kier molecular flexibility index (Phi) is 4.55. The lowest BCUT2D eigenvalue weighted by Crippen LogP contribution is -2.42. The van der Waals surface area contributed by atoms with Crippen molar-refractivity contribution in [3.63, 3.8) is 0 Å². The highest BCUT2D eigenvalue weighted by Crippen LogP contribution is 2.29. The van der Waals surface area contributed by atoms with E-state index in [0.717, 1.165) is 41.6 Å². The van der Waals surface area contributed by atoms with E-state index >= 15 is 0 Å². The number of carbonyl (C=O) groups is 2. The zero-order valence-electron chi connectivity index (χ0n) is 11.0. The summed E-state index contributed by atoms with van der Waals surface area (Å²) in [6.07, 6.45) is -1.84. The zero-order chi connectivity index (χ0) is 15.6. The van der Waals surface area contributed by atoms with Gasteiger partial charge in [-0.3, -0.25) is 4.79 Å². The molecule has 0 aliphatic heterocycles. The molecule has 0 radical (unpaired) electrons. The molecule has 1 aromatic rings. The van der Waals surface area contributed by atoms with Gasteiger partial charge in [-0.1, -0.05) is 6.42 Å². The number of amides is 1. The highest BCUT2D eigenvalue weighted by molar-refractivity contribution is 7.12. The lowest BCUT2D eigenvalue weighted by molar-refractivity contribution is -0.142. The van der Waals surface area contributed by atoms with Crippen LogP contribution >= 0.6 is 11.3 Å². The Bertz CT molecular complexity index is 537. The Balaban J connectivity index is 2.13. The maximum absolute atomic E-state index is 12.6. The third kappa shape index (κ3) is 4.20. The molecule has 0 bridgehead atoms. The van der Waals surface area contributed by atoms with E-state index in [4.69, 9.17) is 5.11 Å². The highest BCUT2D eigenvalue weighted by atomic mass is 32.1. The first-order valence-corrected chi connectivity index (χ1v) is 7.32. The van der Waals surface area contributed by atoms with E-state index in [-0.39, 0.29) is 22.9 Å². The lowest BCUT2D eigenvalue weighted by Gasteiger charge is -2.32. The van der Waals surface area contributed by atoms with Crippen molar-refractivity contribution in [3.05, 3.63) is 21.9 Å². The number of carboxylic acid groups (broad SMARTS) is 1. The Hall–Kier alpha value is -1.57. The van der Waals surface area contributed by atoms with Crippen LogP contribution in [0.3, 0.4) is 0 Å². The average molecular weight is 321 g/mol. The van der Waals surface area contributed by atoms with E-state index < -0.39 is 24.6 Å². The maximum Gasteiger partial charge on any atom is 0.406 e. The second-order valence-corrected chi connectivity index (χ2v) is 6.01. The minimum atomic E-state index is -4.47. The van der Waals surface area contributed by atoms with Crippen LogP contribution in [0.1, 0.15) is 39.3 Å². The molecule has 1 aliphatic carbocycles. The Labute approximate surface area is 123 Å². The van der Waals surface area contributed by atoms with Gasteiger partial charge in [0.25, 0.3) is 5.91 Å². The van der Waals surface area contributed by atoms with E-state index in [1.807, 2.05) is 0 Å². The number of carboxylic acids is 1. The van der Waals surface area contributed by atoms with Gasteiger partial charge in [-0.2, -0.15) is 13.2 Å². The molecule has 1 aliphatic rings. The molecule has 2 rings (SSSR count). The van der Waals surface area contributed by atoms with E-state index in [1.165, 1.54) is 5.38 Å². The summed E-state index contributed by atoms with van der Waals surface area (Å²) in [5.74, 6) is -1.85. The predicted octanol–water partition coefficient (Wildman–Crippen LogP) is 3.25. The second kappa shape index (κ2) is 6.05. The van der Waals surface area contributed by atoms with Gasteiger partial charge in [0.15, 0.2) is 0 Å². The summed E-state index contributed by atoms with van der Waals surface area (Å²) >= 11 is 0.832. The lowest BCUT2D eigenvalue weighted by atomic mass is 9.85. The van der Waals surface area contributed by atoms with E-state index in [2.05, 4.69) is 0 Å². The standard InChI is InChI=1S/C13H14F3NO3S/c14-13(15,16)7-17(5-8-2-1-3-8)11(18)9-4-10(12(19)20)21-6-9/h4,6,8H,1-3,5,7H2,(H,19,20). The van der Waals surface area contributed by atoms with Crippen LogP contribution < -0.4 is 0 Å². The van der Waals surface area contributed by atoms with E-state index in [1.54, 1.807) is 0 Å². The van der Waals surface area contributed by atoms with Crippen LogP contribution in [0.2, 0.25) is 0 Å². The molecule has 1 fully saturated rings. The summed E-state index contributed by atoms with van der Waals surface area (Å²) in [7, 11) is 0. The second-order valence-electron chi connectivity index (χ2n) is 5.10. The number of alkyl halides is 3. The molecule has 1 amide bonds. The molecule has 0 aromatic carbocycles. The third-order valence-electron chi connectivity index (χ3n) is 3.42. The fraction of sp³-hybridized carbons (Fsp3) is 0.538. The number of aromatic carboxylic acids is 1. The minimum absolute atomic E-state index is 0.000901. The molecule has 0 unspecified atom stereocenters. The first kappa shape index (κ1) is 15.8. The molecular weight excluding hydrogens is 307 g/mol. The van der Waals surface area contributed by atoms with Crippen molar-refractivity contribution in [1.29, 1.82) is 0 Å². The van der Waals surface area contributed by atoms with Crippen LogP contribution in [-0.4, -0.2) is 41.1 Å². The molecular formula is C13H14F3NO3S. The van der Waals surface area contributed by atoms with Crippen molar-refractivity contribution < 1.29 is 27.9 Å². The van der Waals surface area contributed by atoms with Gasteiger partial charge in [0.05, 0.1) is 5.56 Å². The number of carbonyl (C=O) groups excluding carboxylic acids is 1. The number of halogens is 3. The molecule has 1 saturated carbocycles. The zero-order valence-corrected chi connectivity index (χ0v) is 11.8. The quantitative estimate of drug-likeness (QED) is 0.905. The van der Waals surface area contributed by atoms with Crippen molar-refractivity contribution in [2.45, 2.75) is 25.4 Å². The molecule has 0 atom stereocenters. The fourth-order valence-corrected chi connectivity index (χ4v) is 2.88. The highest BCUT2D eigenvalue weighted by Gasteiger charge is 2.35. The molecule has 116 valence electrons. The predicted molar refractivity (Wildman–Crippen MR) is 70.6 cm³/mol. The molecule has 0 spiro atoms. The number of hydrogen-bond donors (Lipinski definition) is 1. The first-order valence-electron chi connectivity index (χ1n) is 6.44. The molecule has 1 N–H and O–H groups in total. The fourth-order valence-electron chi connectivity index (χ4n) is 2.17. The normalized spacial score (nSPS) is 15.6. The monoisotopic (exact) mass is 321 g/mol. The largest absolute Gasteiger partial charge is 0.477 e. The van der Waals surface area contributed by atoms with Gasteiger partial charge >= 0.3 is 12.1 Å². The Morgan fingerprint density at radius 1 is 1.38 bits per heavy atom. The topological polar surface area (TPSA) is 57.6 Å². The van der Waals surface area contributed by atoms with Crippen molar-refractivity contribution in [2.24, 2.45) is 5.92 Å². The summed E-state index contributed by atoms with van der Waals surface area (Å²) in [5.41, 5.74) is 0.000901. The summed E-state index contributed by atoms with van der Waals surface area (Å²) in [6.45, 7) is -1.24. The molecule has 1 aromatic heterocycles.